The van der Waals surface area contributed by atoms with Crippen LogP contribution in [0, 0.1) is 0 Å². The van der Waals surface area contributed by atoms with E-state index < -0.39 is 0 Å². The van der Waals surface area contributed by atoms with Crippen LogP contribution in [-0.2, 0) is 5.75 Å². The maximum atomic E-state index is 5.78. The van der Waals surface area contributed by atoms with Gasteiger partial charge in [-0.2, -0.15) is 4.98 Å². The van der Waals surface area contributed by atoms with Gasteiger partial charge in [-0.1, -0.05) is 16.8 Å². The van der Waals surface area contributed by atoms with Crippen LogP contribution < -0.4 is 11.3 Å². The number of benzene rings is 1. The molecule has 0 radical (unpaired) electrons. The Morgan fingerprint density at radius 3 is 2.75 bits per heavy atom. The number of halogens is 1. The zero-order valence-corrected chi connectivity index (χ0v) is 9.76. The first-order valence-corrected chi connectivity index (χ1v) is 5.82. The second-order valence-corrected chi connectivity index (χ2v) is 4.39. The van der Waals surface area contributed by atoms with Gasteiger partial charge in [0, 0.05) is 9.92 Å². The van der Waals surface area contributed by atoms with E-state index in [1.54, 1.807) is 11.8 Å². The van der Waals surface area contributed by atoms with Gasteiger partial charge < -0.3 is 4.52 Å². The molecule has 0 saturated heterocycles. The molecule has 1 aromatic carbocycles. The third-order valence-electron chi connectivity index (χ3n) is 1.77. The van der Waals surface area contributed by atoms with Crippen molar-refractivity contribution in [3.63, 3.8) is 0 Å². The van der Waals surface area contributed by atoms with E-state index in [9.17, 15) is 0 Å². The number of hydrogen-bond donors (Lipinski definition) is 2. The molecule has 5 nitrogen and oxygen atoms in total. The summed E-state index contributed by atoms with van der Waals surface area (Å²) in [6.07, 6.45) is 0. The predicted molar refractivity (Wildman–Crippen MR) is 63.1 cm³/mol. The van der Waals surface area contributed by atoms with Crippen molar-refractivity contribution in [3.05, 3.63) is 35.1 Å². The Bertz CT molecular complexity index is 459. The second kappa shape index (κ2) is 5.20. The van der Waals surface area contributed by atoms with E-state index >= 15 is 0 Å². The molecular weight excluding hydrogens is 248 g/mol. The number of hydrogen-bond acceptors (Lipinski definition) is 6. The fourth-order valence-corrected chi connectivity index (χ4v) is 1.92. The minimum atomic E-state index is 0.215. The monoisotopic (exact) mass is 256 g/mol. The van der Waals surface area contributed by atoms with Gasteiger partial charge in [-0.15, -0.1) is 11.8 Å². The van der Waals surface area contributed by atoms with Crippen LogP contribution >= 0.6 is 23.4 Å². The largest absolute Gasteiger partial charge is 0.335 e. The zero-order valence-electron chi connectivity index (χ0n) is 8.18. The van der Waals surface area contributed by atoms with E-state index in [-0.39, 0.29) is 6.01 Å². The zero-order chi connectivity index (χ0) is 11.4. The van der Waals surface area contributed by atoms with Gasteiger partial charge in [-0.05, 0) is 24.3 Å². The summed E-state index contributed by atoms with van der Waals surface area (Å²) in [5, 5.41) is 4.46. The van der Waals surface area contributed by atoms with Crippen molar-refractivity contribution in [2.24, 2.45) is 5.84 Å². The first-order valence-electron chi connectivity index (χ1n) is 4.45. The molecule has 2 rings (SSSR count). The second-order valence-electron chi connectivity index (χ2n) is 2.90. The van der Waals surface area contributed by atoms with Crippen molar-refractivity contribution in [1.29, 1.82) is 0 Å². The molecule has 0 aliphatic carbocycles. The average Bonchev–Trinajstić information content (AvgIpc) is 2.76. The smallest absolute Gasteiger partial charge is 0.314 e. The van der Waals surface area contributed by atoms with Gasteiger partial charge in [-0.25, -0.2) is 5.84 Å². The van der Waals surface area contributed by atoms with E-state index in [4.69, 9.17) is 22.0 Å². The molecule has 1 heterocycles. The minimum absolute atomic E-state index is 0.215. The standard InChI is InChI=1S/C9H9ClN4OS/c10-6-1-3-7(4-2-6)16-5-8-12-9(13-11)15-14-8/h1-4H,5,11H2,(H,12,13,14). The molecule has 0 fully saturated rings. The number of rotatable bonds is 4. The molecule has 0 spiro atoms. The highest BCUT2D eigenvalue weighted by molar-refractivity contribution is 7.98. The van der Waals surface area contributed by atoms with E-state index in [0.717, 1.165) is 9.92 Å². The lowest BCUT2D eigenvalue weighted by Crippen LogP contribution is -2.06. The Balaban J connectivity index is 1.94. The Morgan fingerprint density at radius 1 is 1.38 bits per heavy atom. The van der Waals surface area contributed by atoms with Crippen molar-refractivity contribution < 1.29 is 4.52 Å². The van der Waals surface area contributed by atoms with E-state index in [1.165, 1.54) is 0 Å². The number of nitrogens with one attached hydrogen (secondary N) is 1. The van der Waals surface area contributed by atoms with Crippen LogP contribution in [0.1, 0.15) is 5.82 Å². The highest BCUT2D eigenvalue weighted by Crippen LogP contribution is 2.23. The summed E-state index contributed by atoms with van der Waals surface area (Å²) in [5.41, 5.74) is 2.29. The number of nitrogens with two attached hydrogens (primary N) is 1. The van der Waals surface area contributed by atoms with E-state index in [0.29, 0.717) is 11.6 Å². The quantitative estimate of drug-likeness (QED) is 0.497. The van der Waals surface area contributed by atoms with Crippen molar-refractivity contribution in [2.75, 3.05) is 5.43 Å². The van der Waals surface area contributed by atoms with Gasteiger partial charge in [0.1, 0.15) is 0 Å². The van der Waals surface area contributed by atoms with Gasteiger partial charge >= 0.3 is 6.01 Å². The lowest BCUT2D eigenvalue weighted by atomic mass is 10.4. The number of nitrogen functional groups attached to an aromatic ring is 1. The van der Waals surface area contributed by atoms with Crippen LogP contribution in [0.4, 0.5) is 6.01 Å². The highest BCUT2D eigenvalue weighted by atomic mass is 35.5. The van der Waals surface area contributed by atoms with Gasteiger partial charge in [0.2, 0.25) is 0 Å². The normalized spacial score (nSPS) is 10.4. The molecule has 0 atom stereocenters. The Hall–Kier alpha value is -1.24. The van der Waals surface area contributed by atoms with Crippen molar-refractivity contribution in [3.8, 4) is 0 Å². The van der Waals surface area contributed by atoms with E-state index in [1.807, 2.05) is 24.3 Å². The molecule has 0 bridgehead atoms. The van der Waals surface area contributed by atoms with Gasteiger partial charge in [-0.3, -0.25) is 5.43 Å². The lowest BCUT2D eigenvalue weighted by Gasteiger charge is -1.97. The van der Waals surface area contributed by atoms with Crippen LogP contribution in [0.3, 0.4) is 0 Å². The lowest BCUT2D eigenvalue weighted by molar-refractivity contribution is 0.425. The summed E-state index contributed by atoms with van der Waals surface area (Å²) < 4.78 is 4.79. The SMILES string of the molecule is NNc1nc(CSc2ccc(Cl)cc2)no1. The molecule has 0 saturated carbocycles. The molecule has 7 heteroatoms. The van der Waals surface area contributed by atoms with Crippen LogP contribution in [0.15, 0.2) is 33.7 Å². The fourth-order valence-electron chi connectivity index (χ4n) is 1.05. The number of anilines is 1. The molecule has 1 aromatic heterocycles. The summed E-state index contributed by atoms with van der Waals surface area (Å²) in [7, 11) is 0. The summed E-state index contributed by atoms with van der Waals surface area (Å²) in [4.78, 5) is 5.09. The van der Waals surface area contributed by atoms with Gasteiger partial charge in [0.25, 0.3) is 0 Å². The molecular formula is C9H9ClN4OS. The Morgan fingerprint density at radius 2 is 2.12 bits per heavy atom. The molecule has 0 amide bonds. The number of aromatic nitrogens is 2. The number of hydrazine groups is 1. The Labute approximate surface area is 101 Å². The molecule has 0 unspecified atom stereocenters. The summed E-state index contributed by atoms with van der Waals surface area (Å²) in [6.45, 7) is 0. The molecule has 84 valence electrons. The predicted octanol–water partition coefficient (Wildman–Crippen LogP) is 2.30. The third kappa shape index (κ3) is 2.88. The van der Waals surface area contributed by atoms with Crippen LogP contribution in [0.25, 0.3) is 0 Å². The fraction of sp³-hybridized carbons (Fsp3) is 0.111. The first kappa shape index (κ1) is 11.3. The Kier molecular flexibility index (Phi) is 3.66. The topological polar surface area (TPSA) is 77.0 Å². The molecule has 2 aromatic rings. The minimum Gasteiger partial charge on any atom is -0.314 e. The van der Waals surface area contributed by atoms with Crippen molar-refractivity contribution in [1.82, 2.24) is 10.1 Å². The molecule has 16 heavy (non-hydrogen) atoms. The molecule has 3 N–H and O–H groups in total. The molecule has 0 aliphatic heterocycles. The summed E-state index contributed by atoms with van der Waals surface area (Å²) in [5.74, 6) is 6.33. The van der Waals surface area contributed by atoms with Crippen molar-refractivity contribution in [2.45, 2.75) is 10.6 Å². The van der Waals surface area contributed by atoms with Crippen LogP contribution in [0.2, 0.25) is 5.02 Å². The maximum Gasteiger partial charge on any atom is 0.335 e. The van der Waals surface area contributed by atoms with Gasteiger partial charge in [0.15, 0.2) is 5.82 Å². The first-order chi connectivity index (χ1) is 7.78. The van der Waals surface area contributed by atoms with E-state index in [2.05, 4.69) is 15.6 Å². The van der Waals surface area contributed by atoms with Crippen LogP contribution in [0.5, 0.6) is 0 Å². The van der Waals surface area contributed by atoms with Crippen molar-refractivity contribution >= 4 is 29.4 Å². The third-order valence-corrected chi connectivity index (χ3v) is 3.03. The highest BCUT2D eigenvalue weighted by Gasteiger charge is 2.04. The molecule has 0 aliphatic rings. The van der Waals surface area contributed by atoms with Crippen LogP contribution in [-0.4, -0.2) is 10.1 Å². The number of thioether (sulfide) groups is 1. The maximum absolute atomic E-state index is 5.78. The summed E-state index contributed by atoms with van der Waals surface area (Å²) >= 11 is 7.37. The van der Waals surface area contributed by atoms with Gasteiger partial charge in [0.05, 0.1) is 5.75 Å². The summed E-state index contributed by atoms with van der Waals surface area (Å²) in [6, 6.07) is 7.77. The number of nitrogens with zero attached hydrogens (tertiary/aromatic N) is 2. The average molecular weight is 257 g/mol.